The fourth-order valence-electron chi connectivity index (χ4n) is 3.94. The first-order valence-electron chi connectivity index (χ1n) is 8.70. The van der Waals surface area contributed by atoms with E-state index in [1.54, 1.807) is 23.7 Å². The number of imidazole rings is 1. The van der Waals surface area contributed by atoms with E-state index in [1.165, 1.54) is 5.56 Å². The number of furan rings is 1. The molecule has 0 saturated carbocycles. The molecule has 0 aromatic carbocycles. The number of aryl methyl sites for hydroxylation is 1. The normalized spacial score (nSPS) is 22.1. The number of ether oxygens (including phenoxy) is 1. The molecule has 0 unspecified atom stereocenters. The van der Waals surface area contributed by atoms with Gasteiger partial charge in [0, 0.05) is 17.5 Å². The molecule has 1 fully saturated rings. The molecule has 0 bridgehead atoms. The van der Waals surface area contributed by atoms with Gasteiger partial charge in [0.25, 0.3) is 5.91 Å². The molecule has 5 rings (SSSR count). The third-order valence-corrected chi connectivity index (χ3v) is 6.08. The summed E-state index contributed by atoms with van der Waals surface area (Å²) in [5, 5.41) is 4.21. The summed E-state index contributed by atoms with van der Waals surface area (Å²) in [5.41, 5.74) is 2.61. The molecule has 5 heterocycles. The second kappa shape index (κ2) is 5.82. The fraction of sp³-hybridized carbons (Fsp3) is 0.368. The molecule has 0 radical (unpaired) electrons. The largest absolute Gasteiger partial charge is 0.469 e. The molecule has 134 valence electrons. The highest BCUT2D eigenvalue weighted by molar-refractivity contribution is 7.08. The molecule has 3 aromatic heterocycles. The molecular weight excluding hydrogens is 350 g/mol. The fourth-order valence-corrected chi connectivity index (χ4v) is 4.59. The summed E-state index contributed by atoms with van der Waals surface area (Å²) in [6.07, 6.45) is 4.32. The van der Waals surface area contributed by atoms with Gasteiger partial charge < -0.3 is 18.6 Å². The van der Waals surface area contributed by atoms with Crippen molar-refractivity contribution >= 4 is 17.2 Å². The van der Waals surface area contributed by atoms with E-state index in [0.717, 1.165) is 24.5 Å². The lowest BCUT2D eigenvalue weighted by atomic mass is 10.0. The summed E-state index contributed by atoms with van der Waals surface area (Å²) in [7, 11) is 0. The van der Waals surface area contributed by atoms with Gasteiger partial charge in [0.05, 0.1) is 36.8 Å². The highest BCUT2D eigenvalue weighted by atomic mass is 32.1. The van der Waals surface area contributed by atoms with E-state index in [1.807, 2.05) is 18.0 Å². The van der Waals surface area contributed by atoms with Gasteiger partial charge >= 0.3 is 0 Å². The first kappa shape index (κ1) is 15.8. The molecule has 1 saturated heterocycles. The Morgan fingerprint density at radius 1 is 1.35 bits per heavy atom. The molecule has 2 aliphatic rings. The molecule has 26 heavy (non-hydrogen) atoms. The van der Waals surface area contributed by atoms with Gasteiger partial charge in [-0.1, -0.05) is 0 Å². The van der Waals surface area contributed by atoms with E-state index in [-0.39, 0.29) is 11.5 Å². The zero-order valence-corrected chi connectivity index (χ0v) is 15.3. The van der Waals surface area contributed by atoms with E-state index in [0.29, 0.717) is 31.0 Å². The van der Waals surface area contributed by atoms with Gasteiger partial charge in [-0.3, -0.25) is 4.79 Å². The Hall–Kier alpha value is -2.38. The monoisotopic (exact) mass is 369 g/mol. The number of likely N-dealkylation sites (tertiary alicyclic amines) is 1. The van der Waals surface area contributed by atoms with Crippen LogP contribution in [0.1, 0.15) is 28.4 Å². The number of hydrogen-bond acceptors (Lipinski definition) is 5. The second-order valence-corrected chi connectivity index (χ2v) is 7.78. The number of aromatic nitrogens is 2. The quantitative estimate of drug-likeness (QED) is 0.695. The van der Waals surface area contributed by atoms with Gasteiger partial charge in [-0.05, 0) is 30.9 Å². The van der Waals surface area contributed by atoms with Crippen molar-refractivity contribution in [3.63, 3.8) is 0 Å². The minimum absolute atomic E-state index is 0.0196. The lowest BCUT2D eigenvalue weighted by molar-refractivity contribution is -0.0804. The van der Waals surface area contributed by atoms with Crippen molar-refractivity contribution in [3.05, 3.63) is 52.5 Å². The summed E-state index contributed by atoms with van der Waals surface area (Å²) in [5.74, 6) is 1.63. The van der Waals surface area contributed by atoms with Crippen LogP contribution in [-0.2, 0) is 17.9 Å². The van der Waals surface area contributed by atoms with Gasteiger partial charge in [-0.25, -0.2) is 4.98 Å². The summed E-state index contributed by atoms with van der Waals surface area (Å²) < 4.78 is 13.8. The number of carbonyl (C=O) groups is 1. The van der Waals surface area contributed by atoms with Gasteiger partial charge in [0.2, 0.25) is 0 Å². The van der Waals surface area contributed by atoms with Crippen molar-refractivity contribution in [2.75, 3.05) is 13.1 Å². The van der Waals surface area contributed by atoms with Crippen molar-refractivity contribution < 1.29 is 13.9 Å². The van der Waals surface area contributed by atoms with Crippen LogP contribution in [0.25, 0.3) is 11.3 Å². The maximum absolute atomic E-state index is 12.8. The van der Waals surface area contributed by atoms with Crippen LogP contribution in [0.5, 0.6) is 0 Å². The Balaban J connectivity index is 1.40. The van der Waals surface area contributed by atoms with E-state index < -0.39 is 0 Å². The van der Waals surface area contributed by atoms with Crippen LogP contribution in [0.15, 0.2) is 39.8 Å². The average Bonchev–Trinajstić information content (AvgIpc) is 3.41. The van der Waals surface area contributed by atoms with Crippen molar-refractivity contribution in [1.82, 2.24) is 14.5 Å². The number of fused-ring (bicyclic) bond motifs is 1. The molecule has 0 N–H and O–H groups in total. The van der Waals surface area contributed by atoms with Crippen molar-refractivity contribution in [3.8, 4) is 11.3 Å². The molecule has 2 aliphatic heterocycles. The number of amides is 1. The topological polar surface area (TPSA) is 60.5 Å². The molecular formula is C19H19N3O3S. The van der Waals surface area contributed by atoms with E-state index in [4.69, 9.17) is 9.15 Å². The number of carbonyl (C=O) groups excluding carboxylic acids is 1. The minimum Gasteiger partial charge on any atom is -0.469 e. The number of hydrogen-bond donors (Lipinski definition) is 0. The van der Waals surface area contributed by atoms with Crippen LogP contribution in [0.3, 0.4) is 0 Å². The Kier molecular flexibility index (Phi) is 3.55. The lowest BCUT2D eigenvalue weighted by Crippen LogP contribution is -2.45. The Bertz CT molecular complexity index is 959. The standard InChI is InChI=1S/C19H19N3O3S/c1-13-15(2-6-24-13)18(23)21-5-4-19(11-21)12-22-16(14-3-7-26-10-14)8-20-17(22)9-25-19/h2-3,6-8,10H,4-5,9,11-12H2,1H3/t19-/m1/s1. The second-order valence-electron chi connectivity index (χ2n) is 7.00. The van der Waals surface area contributed by atoms with Crippen LogP contribution < -0.4 is 0 Å². The Morgan fingerprint density at radius 2 is 2.27 bits per heavy atom. The highest BCUT2D eigenvalue weighted by Gasteiger charge is 2.45. The van der Waals surface area contributed by atoms with Gasteiger partial charge in [-0.2, -0.15) is 11.3 Å². The van der Waals surface area contributed by atoms with Crippen LogP contribution >= 0.6 is 11.3 Å². The van der Waals surface area contributed by atoms with Crippen LogP contribution in [0.2, 0.25) is 0 Å². The average molecular weight is 369 g/mol. The maximum atomic E-state index is 12.8. The highest BCUT2D eigenvalue weighted by Crippen LogP contribution is 2.36. The first-order chi connectivity index (χ1) is 12.7. The van der Waals surface area contributed by atoms with E-state index in [2.05, 4.69) is 26.4 Å². The number of thiophene rings is 1. The summed E-state index contributed by atoms with van der Waals surface area (Å²) in [6.45, 7) is 4.32. The third-order valence-electron chi connectivity index (χ3n) is 5.40. The van der Waals surface area contributed by atoms with Crippen molar-refractivity contribution in [1.29, 1.82) is 0 Å². The van der Waals surface area contributed by atoms with Gasteiger partial charge in [0.15, 0.2) is 0 Å². The molecule has 0 aliphatic carbocycles. The molecule has 6 nitrogen and oxygen atoms in total. The molecule has 1 atom stereocenters. The van der Waals surface area contributed by atoms with Crippen LogP contribution in [0, 0.1) is 6.92 Å². The maximum Gasteiger partial charge on any atom is 0.257 e. The lowest BCUT2D eigenvalue weighted by Gasteiger charge is -2.35. The Labute approximate surface area is 155 Å². The first-order valence-corrected chi connectivity index (χ1v) is 9.64. The predicted octanol–water partition coefficient (Wildman–Crippen LogP) is 3.33. The molecule has 1 spiro atoms. The molecule has 3 aromatic rings. The van der Waals surface area contributed by atoms with Crippen molar-refractivity contribution in [2.45, 2.75) is 32.1 Å². The number of nitrogens with zero attached hydrogens (tertiary/aromatic N) is 3. The smallest absolute Gasteiger partial charge is 0.257 e. The van der Waals surface area contributed by atoms with Crippen LogP contribution in [0.4, 0.5) is 0 Å². The third kappa shape index (κ3) is 2.42. The summed E-state index contributed by atoms with van der Waals surface area (Å²) in [4.78, 5) is 19.2. The summed E-state index contributed by atoms with van der Waals surface area (Å²) in [6, 6.07) is 3.86. The molecule has 1 amide bonds. The van der Waals surface area contributed by atoms with Gasteiger partial charge in [-0.15, -0.1) is 0 Å². The zero-order valence-electron chi connectivity index (χ0n) is 14.5. The Morgan fingerprint density at radius 3 is 3.04 bits per heavy atom. The molecule has 7 heteroatoms. The van der Waals surface area contributed by atoms with Gasteiger partial charge in [0.1, 0.15) is 23.8 Å². The summed E-state index contributed by atoms with van der Waals surface area (Å²) >= 11 is 1.68. The van der Waals surface area contributed by atoms with Crippen LogP contribution in [-0.4, -0.2) is 39.0 Å². The van der Waals surface area contributed by atoms with E-state index >= 15 is 0 Å². The van der Waals surface area contributed by atoms with E-state index in [9.17, 15) is 4.79 Å². The zero-order chi connectivity index (χ0) is 17.7. The minimum atomic E-state index is -0.341. The predicted molar refractivity (Wildman–Crippen MR) is 97.0 cm³/mol. The van der Waals surface area contributed by atoms with Crippen molar-refractivity contribution in [2.24, 2.45) is 0 Å². The number of rotatable bonds is 2. The SMILES string of the molecule is Cc1occc1C(=O)N1CC[C@@]2(C1)Cn1c(-c3ccsc3)cnc1CO2.